The zero-order valence-electron chi connectivity index (χ0n) is 13.8. The number of fused-ring (bicyclic) bond motifs is 2. The van der Waals surface area contributed by atoms with Crippen LogP contribution < -0.4 is 5.32 Å². The SMILES string of the molecule is CC[C@H](c1c2ccccc2cc2ccccc12)N1CCNCC1. The maximum Gasteiger partial charge on any atom is 0.0358 e. The van der Waals surface area contributed by atoms with E-state index in [1.54, 1.807) is 0 Å². The number of piperazine rings is 1. The predicted molar refractivity (Wildman–Crippen MR) is 98.9 cm³/mol. The van der Waals surface area contributed by atoms with Crippen LogP contribution in [0.3, 0.4) is 0 Å². The molecule has 118 valence electrons. The Morgan fingerprint density at radius 2 is 1.48 bits per heavy atom. The third kappa shape index (κ3) is 2.62. The number of rotatable bonds is 3. The summed E-state index contributed by atoms with van der Waals surface area (Å²) in [5.41, 5.74) is 1.52. The first-order chi connectivity index (χ1) is 11.4. The van der Waals surface area contributed by atoms with Crippen LogP contribution in [-0.2, 0) is 0 Å². The number of nitrogens with zero attached hydrogens (tertiary/aromatic N) is 1. The lowest BCUT2D eigenvalue weighted by Gasteiger charge is -2.36. The van der Waals surface area contributed by atoms with Crippen molar-refractivity contribution in [3.63, 3.8) is 0 Å². The lowest BCUT2D eigenvalue weighted by atomic mass is 9.90. The summed E-state index contributed by atoms with van der Waals surface area (Å²) in [6.45, 7) is 6.79. The maximum atomic E-state index is 3.48. The first-order valence-electron chi connectivity index (χ1n) is 8.73. The zero-order chi connectivity index (χ0) is 15.6. The molecule has 1 fully saturated rings. The van der Waals surface area contributed by atoms with E-state index in [9.17, 15) is 0 Å². The normalized spacial score (nSPS) is 17.6. The van der Waals surface area contributed by atoms with E-state index in [-0.39, 0.29) is 0 Å². The molecule has 1 atom stereocenters. The fourth-order valence-electron chi connectivity index (χ4n) is 4.05. The average molecular weight is 304 g/mol. The summed E-state index contributed by atoms with van der Waals surface area (Å²) in [7, 11) is 0. The maximum absolute atomic E-state index is 3.48. The second-order valence-electron chi connectivity index (χ2n) is 6.44. The van der Waals surface area contributed by atoms with Crippen molar-refractivity contribution in [1.82, 2.24) is 10.2 Å². The van der Waals surface area contributed by atoms with Crippen LogP contribution in [0.1, 0.15) is 24.9 Å². The quantitative estimate of drug-likeness (QED) is 0.724. The van der Waals surface area contributed by atoms with Gasteiger partial charge in [0.2, 0.25) is 0 Å². The molecule has 1 aliphatic heterocycles. The van der Waals surface area contributed by atoms with Crippen LogP contribution in [0, 0.1) is 0 Å². The van der Waals surface area contributed by atoms with Gasteiger partial charge >= 0.3 is 0 Å². The van der Waals surface area contributed by atoms with Gasteiger partial charge in [0.25, 0.3) is 0 Å². The highest BCUT2D eigenvalue weighted by molar-refractivity contribution is 6.02. The van der Waals surface area contributed by atoms with E-state index in [2.05, 4.69) is 71.7 Å². The van der Waals surface area contributed by atoms with Crippen LogP contribution in [-0.4, -0.2) is 31.1 Å². The van der Waals surface area contributed by atoms with Gasteiger partial charge in [-0.25, -0.2) is 0 Å². The monoisotopic (exact) mass is 304 g/mol. The molecule has 0 aromatic heterocycles. The first-order valence-corrected chi connectivity index (χ1v) is 8.73. The Morgan fingerprint density at radius 3 is 2.04 bits per heavy atom. The van der Waals surface area contributed by atoms with Crippen molar-refractivity contribution in [1.29, 1.82) is 0 Å². The van der Waals surface area contributed by atoms with Gasteiger partial charge < -0.3 is 5.32 Å². The smallest absolute Gasteiger partial charge is 0.0358 e. The van der Waals surface area contributed by atoms with Crippen LogP contribution in [0.25, 0.3) is 21.5 Å². The van der Waals surface area contributed by atoms with Crippen molar-refractivity contribution in [3.8, 4) is 0 Å². The number of benzene rings is 3. The van der Waals surface area contributed by atoms with Gasteiger partial charge in [-0.15, -0.1) is 0 Å². The van der Waals surface area contributed by atoms with E-state index in [4.69, 9.17) is 0 Å². The minimum atomic E-state index is 0.494. The number of nitrogens with one attached hydrogen (secondary N) is 1. The van der Waals surface area contributed by atoms with Crippen molar-refractivity contribution in [2.75, 3.05) is 26.2 Å². The summed E-state index contributed by atoms with van der Waals surface area (Å²) in [6.07, 6.45) is 1.15. The second kappa shape index (κ2) is 6.31. The molecule has 4 rings (SSSR count). The van der Waals surface area contributed by atoms with Gasteiger partial charge in [0.1, 0.15) is 0 Å². The highest BCUT2D eigenvalue weighted by Crippen LogP contribution is 2.37. The molecular weight excluding hydrogens is 280 g/mol. The van der Waals surface area contributed by atoms with E-state index in [1.807, 2.05) is 0 Å². The molecule has 0 radical (unpaired) electrons. The van der Waals surface area contributed by atoms with Crippen LogP contribution in [0.4, 0.5) is 0 Å². The molecule has 0 amide bonds. The molecule has 0 saturated carbocycles. The fraction of sp³-hybridized carbons (Fsp3) is 0.333. The minimum absolute atomic E-state index is 0.494. The Labute approximate surface area is 138 Å². The topological polar surface area (TPSA) is 15.3 Å². The van der Waals surface area contributed by atoms with E-state index in [0.717, 1.165) is 32.6 Å². The summed E-state index contributed by atoms with van der Waals surface area (Å²) in [5, 5.41) is 9.02. The molecule has 0 bridgehead atoms. The van der Waals surface area contributed by atoms with Gasteiger partial charge in [-0.1, -0.05) is 55.5 Å². The Morgan fingerprint density at radius 1 is 0.913 bits per heavy atom. The van der Waals surface area contributed by atoms with Gasteiger partial charge in [0.15, 0.2) is 0 Å². The molecular formula is C21H24N2. The first kappa shape index (κ1) is 14.7. The Balaban J connectivity index is 1.97. The second-order valence-corrected chi connectivity index (χ2v) is 6.44. The predicted octanol–water partition coefficient (Wildman–Crippen LogP) is 4.35. The summed E-state index contributed by atoms with van der Waals surface area (Å²) < 4.78 is 0. The van der Waals surface area contributed by atoms with Crippen LogP contribution in [0.15, 0.2) is 54.6 Å². The number of hydrogen-bond donors (Lipinski definition) is 1. The van der Waals surface area contributed by atoms with Gasteiger partial charge in [-0.3, -0.25) is 4.90 Å². The van der Waals surface area contributed by atoms with E-state index >= 15 is 0 Å². The van der Waals surface area contributed by atoms with Gasteiger partial charge in [0.05, 0.1) is 0 Å². The molecule has 3 aromatic carbocycles. The summed E-state index contributed by atoms with van der Waals surface area (Å²) in [5.74, 6) is 0. The summed E-state index contributed by atoms with van der Waals surface area (Å²) in [4.78, 5) is 2.66. The van der Waals surface area contributed by atoms with Gasteiger partial charge in [0, 0.05) is 32.2 Å². The molecule has 0 unspecified atom stereocenters. The van der Waals surface area contributed by atoms with Crippen LogP contribution in [0.5, 0.6) is 0 Å². The highest BCUT2D eigenvalue weighted by Gasteiger charge is 2.24. The van der Waals surface area contributed by atoms with Crippen molar-refractivity contribution in [2.24, 2.45) is 0 Å². The Kier molecular flexibility index (Phi) is 4.02. The van der Waals surface area contributed by atoms with Crippen molar-refractivity contribution >= 4 is 21.5 Å². The molecule has 2 heteroatoms. The third-order valence-electron chi connectivity index (χ3n) is 5.13. The average Bonchev–Trinajstić information content (AvgIpc) is 2.62. The van der Waals surface area contributed by atoms with Crippen molar-refractivity contribution < 1.29 is 0 Å². The standard InChI is InChI=1S/C21H24N2/c1-2-20(23-13-11-22-12-14-23)21-18-9-5-3-7-16(18)15-17-8-4-6-10-19(17)21/h3-10,15,20,22H,2,11-14H2,1H3/t20-/m1/s1. The largest absolute Gasteiger partial charge is 0.314 e. The molecule has 0 spiro atoms. The Hall–Kier alpha value is -1.90. The molecule has 1 heterocycles. The highest BCUT2D eigenvalue weighted by atomic mass is 15.2. The van der Waals surface area contributed by atoms with E-state index in [1.165, 1.54) is 27.1 Å². The van der Waals surface area contributed by atoms with Crippen LogP contribution >= 0.6 is 0 Å². The molecule has 0 aliphatic carbocycles. The zero-order valence-corrected chi connectivity index (χ0v) is 13.8. The minimum Gasteiger partial charge on any atom is -0.314 e. The molecule has 3 aromatic rings. The Bertz CT molecular complexity index is 764. The molecule has 2 nitrogen and oxygen atoms in total. The molecule has 1 aliphatic rings. The fourth-order valence-corrected chi connectivity index (χ4v) is 4.05. The third-order valence-corrected chi connectivity index (χ3v) is 5.13. The van der Waals surface area contributed by atoms with Crippen molar-refractivity contribution in [2.45, 2.75) is 19.4 Å². The lowest BCUT2D eigenvalue weighted by Crippen LogP contribution is -2.45. The van der Waals surface area contributed by atoms with Crippen molar-refractivity contribution in [3.05, 3.63) is 60.2 Å². The van der Waals surface area contributed by atoms with E-state index < -0.39 is 0 Å². The van der Waals surface area contributed by atoms with Crippen LogP contribution in [0.2, 0.25) is 0 Å². The van der Waals surface area contributed by atoms with Gasteiger partial charge in [-0.05, 0) is 39.6 Å². The number of hydrogen-bond acceptors (Lipinski definition) is 2. The lowest BCUT2D eigenvalue weighted by molar-refractivity contribution is 0.171. The summed E-state index contributed by atoms with van der Waals surface area (Å²) in [6, 6.07) is 20.5. The molecule has 1 N–H and O–H groups in total. The van der Waals surface area contributed by atoms with E-state index in [0.29, 0.717) is 6.04 Å². The molecule has 1 saturated heterocycles. The summed E-state index contributed by atoms with van der Waals surface area (Å²) >= 11 is 0. The molecule has 23 heavy (non-hydrogen) atoms. The van der Waals surface area contributed by atoms with Gasteiger partial charge in [-0.2, -0.15) is 0 Å².